The van der Waals surface area contributed by atoms with Crippen molar-refractivity contribution in [2.45, 2.75) is 5.75 Å². The van der Waals surface area contributed by atoms with E-state index in [4.69, 9.17) is 0 Å². The Hall–Kier alpha value is -0.500. The van der Waals surface area contributed by atoms with Gasteiger partial charge in [0.05, 0.1) is 12.5 Å². The minimum atomic E-state index is 0. The molecule has 0 aliphatic heterocycles. The van der Waals surface area contributed by atoms with Crippen LogP contribution in [-0.2, 0) is 16.6 Å². The van der Waals surface area contributed by atoms with Gasteiger partial charge >= 0.3 is 0 Å². The molecule has 0 saturated carbocycles. The van der Waals surface area contributed by atoms with E-state index in [0.717, 1.165) is 0 Å². The zero-order valence-corrected chi connectivity index (χ0v) is 7.70. The van der Waals surface area contributed by atoms with Crippen LogP contribution in [0, 0.1) is 0 Å². The summed E-state index contributed by atoms with van der Waals surface area (Å²) in [5.41, 5.74) is 1.45. The number of halogens is 1. The molecule has 0 bridgehead atoms. The lowest BCUT2D eigenvalue weighted by atomic mass is 10.2. The molecule has 11 heavy (non-hydrogen) atoms. The second kappa shape index (κ2) is 5.19. The second-order valence-corrected chi connectivity index (χ2v) is 4.88. The molecule has 0 aromatic heterocycles. The smallest absolute Gasteiger partial charge is 0.132 e. The summed E-state index contributed by atoms with van der Waals surface area (Å²) in [6.07, 6.45) is 4.54. The first-order valence-electron chi connectivity index (χ1n) is 3.37. The molecule has 0 saturated heterocycles. The van der Waals surface area contributed by atoms with Crippen molar-refractivity contribution < 1.29 is 4.70 Å². The fourth-order valence-corrected chi connectivity index (χ4v) is 1.77. The Kier molecular flexibility index (Phi) is 4.95. The summed E-state index contributed by atoms with van der Waals surface area (Å²) in [6.45, 7) is 0. The quantitative estimate of drug-likeness (QED) is 0.506. The van der Waals surface area contributed by atoms with Crippen LogP contribution in [0.4, 0.5) is 0 Å². The molecule has 62 valence electrons. The molecule has 0 spiro atoms. The largest absolute Gasteiger partial charge is 1.00 e. The first-order chi connectivity index (χ1) is 4.79. The van der Waals surface area contributed by atoms with Crippen molar-refractivity contribution in [2.75, 3.05) is 12.5 Å². The van der Waals surface area contributed by atoms with E-state index >= 15 is 0 Å². The van der Waals surface area contributed by atoms with Gasteiger partial charge in [-0.2, -0.15) is 0 Å². The first-order valence-corrected chi connectivity index (χ1v) is 5.58. The molecule has 0 radical (unpaired) electrons. The van der Waals surface area contributed by atoms with Crippen LogP contribution in [0.3, 0.4) is 0 Å². The third kappa shape index (κ3) is 4.04. The minimum Gasteiger partial charge on any atom is -1.00 e. The lowest BCUT2D eigenvalue weighted by Gasteiger charge is -1.95. The van der Waals surface area contributed by atoms with E-state index in [2.05, 4.69) is 42.8 Å². The maximum atomic E-state index is 2.27. The lowest BCUT2D eigenvalue weighted by molar-refractivity contribution is -0.00000223. The summed E-state index contributed by atoms with van der Waals surface area (Å²) in [5.74, 6) is 1.22. The Balaban J connectivity index is 0.000001000. The van der Waals surface area contributed by atoms with E-state index in [0.29, 0.717) is 10.9 Å². The highest BCUT2D eigenvalue weighted by Gasteiger charge is 2.01. The first kappa shape index (κ1) is 10.5. The molecule has 0 aliphatic carbocycles. The summed E-state index contributed by atoms with van der Waals surface area (Å²) in [6, 6.07) is 10.6. The zero-order valence-electron chi connectivity index (χ0n) is 6.88. The average molecular weight is 172 g/mol. The van der Waals surface area contributed by atoms with E-state index in [-0.39, 0.29) is 4.70 Å². The molecule has 1 aromatic rings. The predicted octanol–water partition coefficient (Wildman–Crippen LogP) is -0.931. The predicted molar refractivity (Wildman–Crippen MR) is 49.4 cm³/mol. The number of rotatable bonds is 2. The molecule has 0 nitrogen and oxygen atoms in total. The minimum absolute atomic E-state index is 0. The molecular formula is C9H13FS. The third-order valence-electron chi connectivity index (χ3n) is 1.30. The van der Waals surface area contributed by atoms with E-state index in [1.165, 1.54) is 11.3 Å². The molecule has 0 heterocycles. The molecule has 1 aromatic carbocycles. The van der Waals surface area contributed by atoms with Crippen LogP contribution in [0.25, 0.3) is 0 Å². The number of hydrogen-bond donors (Lipinski definition) is 0. The summed E-state index contributed by atoms with van der Waals surface area (Å²) >= 11 is 0. The van der Waals surface area contributed by atoms with Crippen LogP contribution in [0.5, 0.6) is 0 Å². The molecule has 0 unspecified atom stereocenters. The number of benzene rings is 1. The van der Waals surface area contributed by atoms with Gasteiger partial charge in [-0.15, -0.1) is 0 Å². The van der Waals surface area contributed by atoms with Gasteiger partial charge in [0.15, 0.2) is 0 Å². The highest BCUT2D eigenvalue weighted by molar-refractivity contribution is 7.94. The van der Waals surface area contributed by atoms with E-state index < -0.39 is 0 Å². The van der Waals surface area contributed by atoms with Gasteiger partial charge in [0.25, 0.3) is 0 Å². The van der Waals surface area contributed by atoms with Crippen molar-refractivity contribution in [3.8, 4) is 0 Å². The summed E-state index contributed by atoms with van der Waals surface area (Å²) in [5, 5.41) is 0. The van der Waals surface area contributed by atoms with Gasteiger partial charge in [-0.25, -0.2) is 0 Å². The monoisotopic (exact) mass is 172 g/mol. The van der Waals surface area contributed by atoms with Crippen molar-refractivity contribution in [2.24, 2.45) is 0 Å². The molecule has 0 fully saturated rings. The van der Waals surface area contributed by atoms with Gasteiger partial charge in [-0.3, -0.25) is 0 Å². The Morgan fingerprint density at radius 3 is 2.09 bits per heavy atom. The van der Waals surface area contributed by atoms with Crippen molar-refractivity contribution >= 4 is 10.9 Å². The maximum absolute atomic E-state index is 2.27. The van der Waals surface area contributed by atoms with Crippen molar-refractivity contribution in [1.82, 2.24) is 0 Å². The van der Waals surface area contributed by atoms with Crippen LogP contribution in [0.2, 0.25) is 0 Å². The van der Waals surface area contributed by atoms with Gasteiger partial charge < -0.3 is 4.70 Å². The Bertz CT molecular complexity index is 184. The third-order valence-corrected chi connectivity index (χ3v) is 2.21. The van der Waals surface area contributed by atoms with Crippen LogP contribution >= 0.6 is 0 Å². The summed E-state index contributed by atoms with van der Waals surface area (Å²) < 4.78 is 0. The molecule has 2 heteroatoms. The summed E-state index contributed by atoms with van der Waals surface area (Å²) in [7, 11) is 0.533. The Labute approximate surface area is 70.3 Å². The molecule has 0 atom stereocenters. The fraction of sp³-hybridized carbons (Fsp3) is 0.333. The van der Waals surface area contributed by atoms with Crippen molar-refractivity contribution in [3.05, 3.63) is 35.9 Å². The molecular weight excluding hydrogens is 159 g/mol. The van der Waals surface area contributed by atoms with Crippen LogP contribution in [-0.4, -0.2) is 12.5 Å². The molecule has 0 amide bonds. The number of hydrogen-bond acceptors (Lipinski definition) is 0. The van der Waals surface area contributed by atoms with Crippen molar-refractivity contribution in [1.29, 1.82) is 0 Å². The highest BCUT2D eigenvalue weighted by Crippen LogP contribution is 2.03. The van der Waals surface area contributed by atoms with Crippen molar-refractivity contribution in [3.63, 3.8) is 0 Å². The van der Waals surface area contributed by atoms with E-state index in [1.54, 1.807) is 0 Å². The topological polar surface area (TPSA) is 0 Å². The van der Waals surface area contributed by atoms with Crippen LogP contribution in [0.15, 0.2) is 30.3 Å². The maximum Gasteiger partial charge on any atom is 0.132 e. The van der Waals surface area contributed by atoms with Gasteiger partial charge in [0.1, 0.15) is 5.75 Å². The van der Waals surface area contributed by atoms with Crippen LogP contribution in [0.1, 0.15) is 5.56 Å². The fourth-order valence-electron chi connectivity index (χ4n) is 0.908. The lowest BCUT2D eigenvalue weighted by Crippen LogP contribution is -3.00. The normalized spacial score (nSPS) is 9.36. The Morgan fingerprint density at radius 1 is 1.09 bits per heavy atom. The Morgan fingerprint density at radius 2 is 1.64 bits per heavy atom. The zero-order chi connectivity index (χ0) is 7.40. The summed E-state index contributed by atoms with van der Waals surface area (Å²) in [4.78, 5) is 0. The van der Waals surface area contributed by atoms with Crippen LogP contribution < -0.4 is 4.70 Å². The SMILES string of the molecule is C[S+](C)Cc1ccccc1.[F-]. The highest BCUT2D eigenvalue weighted by atomic mass is 32.2. The standard InChI is InChI=1S/C9H13S.FH/c1-10(2)8-9-6-4-3-5-7-9;/h3-7H,8H2,1-2H3;1H/q+1;/p-1. The van der Waals surface area contributed by atoms with Gasteiger partial charge in [0, 0.05) is 5.56 Å². The molecule has 0 aliphatic rings. The molecule has 0 N–H and O–H groups in total. The second-order valence-electron chi connectivity index (χ2n) is 2.62. The van der Waals surface area contributed by atoms with Gasteiger partial charge in [-0.05, 0) is 10.9 Å². The van der Waals surface area contributed by atoms with E-state index in [9.17, 15) is 0 Å². The average Bonchev–Trinajstić information content (AvgIpc) is 1.88. The van der Waals surface area contributed by atoms with Gasteiger partial charge in [-0.1, -0.05) is 30.3 Å². The molecule has 1 rings (SSSR count). The van der Waals surface area contributed by atoms with E-state index in [1.807, 2.05) is 0 Å². The van der Waals surface area contributed by atoms with Gasteiger partial charge in [0.2, 0.25) is 0 Å².